The zero-order valence-electron chi connectivity index (χ0n) is 17.3. The van der Waals surface area contributed by atoms with Crippen LogP contribution in [0.2, 0.25) is 0 Å². The third-order valence-electron chi connectivity index (χ3n) is 4.24. The van der Waals surface area contributed by atoms with Crippen molar-refractivity contribution in [3.8, 4) is 5.75 Å². The van der Waals surface area contributed by atoms with Gasteiger partial charge in [-0.2, -0.15) is 0 Å². The molecular weight excluding hydrogens is 392 g/mol. The highest BCUT2D eigenvalue weighted by atomic mass is 16.6. The van der Waals surface area contributed by atoms with Gasteiger partial charge in [-0.25, -0.2) is 9.78 Å². The minimum Gasteiger partial charge on any atom is -0.482 e. The van der Waals surface area contributed by atoms with E-state index < -0.39 is 29.4 Å². The summed E-state index contributed by atoms with van der Waals surface area (Å²) >= 11 is 0. The van der Waals surface area contributed by atoms with Crippen LogP contribution in [0.5, 0.6) is 5.75 Å². The molecule has 160 valence electrons. The van der Waals surface area contributed by atoms with Crippen LogP contribution in [-0.2, 0) is 19.1 Å². The Morgan fingerprint density at radius 2 is 2.00 bits per heavy atom. The summed E-state index contributed by atoms with van der Waals surface area (Å²) in [7, 11) is 0. The number of aromatic amines is 1. The number of aromatic nitrogens is 2. The van der Waals surface area contributed by atoms with Crippen LogP contribution in [0.1, 0.15) is 49.8 Å². The van der Waals surface area contributed by atoms with Gasteiger partial charge in [0.1, 0.15) is 28.7 Å². The molecule has 0 bridgehead atoms. The number of nitrogens with zero attached hydrogens (tertiary/aromatic N) is 1. The van der Waals surface area contributed by atoms with E-state index in [9.17, 15) is 19.2 Å². The quantitative estimate of drug-likeness (QED) is 0.490. The van der Waals surface area contributed by atoms with Gasteiger partial charge in [-0.05, 0) is 40.2 Å². The number of amides is 3. The van der Waals surface area contributed by atoms with E-state index in [2.05, 4.69) is 20.6 Å². The third-order valence-corrected chi connectivity index (χ3v) is 4.24. The number of imidazole rings is 1. The predicted octanol–water partition coefficient (Wildman–Crippen LogP) is 1.13. The molecule has 1 aliphatic heterocycles. The molecule has 10 nitrogen and oxygen atoms in total. The molecule has 3 rings (SSSR count). The molecule has 1 aromatic carbocycles. The van der Waals surface area contributed by atoms with E-state index in [-0.39, 0.29) is 36.7 Å². The second-order valence-electron chi connectivity index (χ2n) is 8.04. The zero-order valence-corrected chi connectivity index (χ0v) is 17.3. The van der Waals surface area contributed by atoms with Crippen LogP contribution in [0.3, 0.4) is 0 Å². The number of H-pyrrole nitrogens is 1. The highest BCUT2D eigenvalue weighted by Crippen LogP contribution is 2.25. The molecule has 10 heteroatoms. The van der Waals surface area contributed by atoms with Gasteiger partial charge in [0.05, 0.1) is 11.1 Å². The van der Waals surface area contributed by atoms with Crippen molar-refractivity contribution in [2.45, 2.75) is 52.2 Å². The Bertz CT molecular complexity index is 1020. The van der Waals surface area contributed by atoms with Gasteiger partial charge < -0.3 is 19.8 Å². The van der Waals surface area contributed by atoms with Gasteiger partial charge in [-0.1, -0.05) is 0 Å². The van der Waals surface area contributed by atoms with E-state index >= 15 is 0 Å². The zero-order chi connectivity index (χ0) is 22.1. The first kappa shape index (κ1) is 21.3. The summed E-state index contributed by atoms with van der Waals surface area (Å²) in [5.74, 6) is -1.14. The van der Waals surface area contributed by atoms with Crippen molar-refractivity contribution in [3.63, 3.8) is 0 Å². The lowest BCUT2D eigenvalue weighted by Crippen LogP contribution is -2.52. The van der Waals surface area contributed by atoms with Crippen LogP contribution in [-0.4, -0.2) is 51.9 Å². The molecule has 1 unspecified atom stereocenters. The van der Waals surface area contributed by atoms with Crippen molar-refractivity contribution in [1.82, 2.24) is 20.6 Å². The van der Waals surface area contributed by atoms with E-state index in [1.54, 1.807) is 33.8 Å². The van der Waals surface area contributed by atoms with E-state index in [1.807, 2.05) is 0 Å². The predicted molar refractivity (Wildman–Crippen MR) is 106 cm³/mol. The maximum absolute atomic E-state index is 12.9. The molecule has 1 aliphatic rings. The standard InChI is InChI=1S/C20H24N4O6/c1-10-21-14-8-11(29-9-16(26)30-20(2,3)4)7-12(17(14)22-10)18(27)23-13-5-6-15(25)24-19(13)28/h7-8,13H,5-6,9H2,1-4H3,(H,21,22)(H,23,27)(H,24,25,28). The summed E-state index contributed by atoms with van der Waals surface area (Å²) < 4.78 is 10.7. The minimum atomic E-state index is -0.823. The number of carbonyl (C=O) groups is 4. The number of carbonyl (C=O) groups excluding carboxylic acids is 4. The first-order valence-corrected chi connectivity index (χ1v) is 9.51. The van der Waals surface area contributed by atoms with E-state index in [0.717, 1.165) is 0 Å². The molecule has 3 N–H and O–H groups in total. The summed E-state index contributed by atoms with van der Waals surface area (Å²) in [6.45, 7) is 6.67. The van der Waals surface area contributed by atoms with Gasteiger partial charge in [-0.15, -0.1) is 0 Å². The third kappa shape index (κ3) is 5.13. The van der Waals surface area contributed by atoms with Crippen LogP contribution >= 0.6 is 0 Å². The van der Waals surface area contributed by atoms with Gasteiger partial charge in [0.15, 0.2) is 6.61 Å². The Morgan fingerprint density at radius 3 is 2.67 bits per heavy atom. The molecule has 0 radical (unpaired) electrons. The number of benzene rings is 1. The number of hydrogen-bond donors (Lipinski definition) is 3. The largest absolute Gasteiger partial charge is 0.482 e. The molecule has 3 amide bonds. The monoisotopic (exact) mass is 416 g/mol. The fourth-order valence-corrected chi connectivity index (χ4v) is 3.05. The number of imide groups is 1. The van der Waals surface area contributed by atoms with Crippen LogP contribution < -0.4 is 15.4 Å². The van der Waals surface area contributed by atoms with Gasteiger partial charge in [-0.3, -0.25) is 19.7 Å². The van der Waals surface area contributed by atoms with Crippen LogP contribution in [0.15, 0.2) is 12.1 Å². The number of piperidine rings is 1. The number of hydrogen-bond acceptors (Lipinski definition) is 7. The molecule has 0 spiro atoms. The lowest BCUT2D eigenvalue weighted by Gasteiger charge is -2.22. The van der Waals surface area contributed by atoms with Crippen LogP contribution in [0.4, 0.5) is 0 Å². The summed E-state index contributed by atoms with van der Waals surface area (Å²) in [5.41, 5.74) is 0.489. The summed E-state index contributed by atoms with van der Waals surface area (Å²) in [4.78, 5) is 55.4. The molecular formula is C20H24N4O6. The Hall–Kier alpha value is -3.43. The summed E-state index contributed by atoms with van der Waals surface area (Å²) in [5, 5.41) is 4.83. The molecule has 1 saturated heterocycles. The Labute approximate surface area is 172 Å². The van der Waals surface area contributed by atoms with Gasteiger partial charge in [0.25, 0.3) is 5.91 Å². The molecule has 30 heavy (non-hydrogen) atoms. The summed E-state index contributed by atoms with van der Waals surface area (Å²) in [6.07, 6.45) is 0.362. The van der Waals surface area contributed by atoms with E-state index in [0.29, 0.717) is 16.9 Å². The Kier molecular flexibility index (Phi) is 5.77. The van der Waals surface area contributed by atoms with Gasteiger partial charge in [0.2, 0.25) is 11.8 Å². The van der Waals surface area contributed by atoms with Crippen molar-refractivity contribution < 1.29 is 28.7 Å². The second kappa shape index (κ2) is 8.13. The minimum absolute atomic E-state index is 0.145. The van der Waals surface area contributed by atoms with Crippen LogP contribution in [0.25, 0.3) is 11.0 Å². The van der Waals surface area contributed by atoms with Crippen molar-refractivity contribution in [1.29, 1.82) is 0 Å². The van der Waals surface area contributed by atoms with Crippen molar-refractivity contribution in [2.24, 2.45) is 0 Å². The molecule has 2 aromatic rings. The first-order valence-electron chi connectivity index (χ1n) is 9.51. The molecule has 1 fully saturated rings. The van der Waals surface area contributed by atoms with E-state index in [4.69, 9.17) is 9.47 Å². The fourth-order valence-electron chi connectivity index (χ4n) is 3.05. The molecule has 1 atom stereocenters. The lowest BCUT2D eigenvalue weighted by atomic mass is 10.0. The number of ether oxygens (including phenoxy) is 2. The maximum atomic E-state index is 12.9. The van der Waals surface area contributed by atoms with Crippen molar-refractivity contribution >= 4 is 34.7 Å². The highest BCUT2D eigenvalue weighted by Gasteiger charge is 2.29. The van der Waals surface area contributed by atoms with E-state index in [1.165, 1.54) is 6.07 Å². The van der Waals surface area contributed by atoms with Crippen LogP contribution in [0, 0.1) is 6.92 Å². The number of fused-ring (bicyclic) bond motifs is 1. The van der Waals surface area contributed by atoms with Crippen molar-refractivity contribution in [3.05, 3.63) is 23.5 Å². The first-order chi connectivity index (χ1) is 14.0. The number of esters is 1. The number of rotatable bonds is 5. The Morgan fingerprint density at radius 1 is 1.27 bits per heavy atom. The highest BCUT2D eigenvalue weighted by molar-refractivity contribution is 6.08. The summed E-state index contributed by atoms with van der Waals surface area (Å²) in [6, 6.07) is 2.26. The SMILES string of the molecule is Cc1nc2c(C(=O)NC3CCC(=O)NC3=O)cc(OCC(=O)OC(C)(C)C)cc2[nH]1. The maximum Gasteiger partial charge on any atom is 0.344 e. The molecule has 1 aromatic heterocycles. The molecule has 0 saturated carbocycles. The van der Waals surface area contributed by atoms with Gasteiger partial charge >= 0.3 is 5.97 Å². The average molecular weight is 416 g/mol. The molecule has 2 heterocycles. The lowest BCUT2D eigenvalue weighted by molar-refractivity contribution is -0.157. The van der Waals surface area contributed by atoms with Crippen molar-refractivity contribution in [2.75, 3.05) is 6.61 Å². The second-order valence-corrected chi connectivity index (χ2v) is 8.04. The number of nitrogens with one attached hydrogen (secondary N) is 3. The molecule has 0 aliphatic carbocycles. The normalized spacial score (nSPS) is 16.9. The topological polar surface area (TPSA) is 139 Å². The fraction of sp³-hybridized carbons (Fsp3) is 0.450. The number of aryl methyl sites for hydroxylation is 1. The van der Waals surface area contributed by atoms with Gasteiger partial charge in [0, 0.05) is 12.5 Å². The Balaban J connectivity index is 1.81. The smallest absolute Gasteiger partial charge is 0.344 e. The average Bonchev–Trinajstić information content (AvgIpc) is 3.00.